The van der Waals surface area contributed by atoms with Crippen molar-refractivity contribution in [3.05, 3.63) is 24.3 Å². The van der Waals surface area contributed by atoms with Gasteiger partial charge in [-0.05, 0) is 63.0 Å². The zero-order chi connectivity index (χ0) is 14.5. The SMILES string of the molecule is N#CC[C@@H]1CCCN1c1ccc(OC2CCNCC2)cc1. The van der Waals surface area contributed by atoms with Crippen molar-refractivity contribution < 1.29 is 4.74 Å². The first-order chi connectivity index (χ1) is 10.4. The van der Waals surface area contributed by atoms with Gasteiger partial charge in [-0.1, -0.05) is 0 Å². The van der Waals surface area contributed by atoms with Crippen LogP contribution in [0, 0.1) is 11.3 Å². The molecule has 1 atom stereocenters. The summed E-state index contributed by atoms with van der Waals surface area (Å²) in [5.74, 6) is 0.960. The lowest BCUT2D eigenvalue weighted by Crippen LogP contribution is -2.34. The van der Waals surface area contributed by atoms with Crippen molar-refractivity contribution in [3.8, 4) is 11.8 Å². The molecule has 2 aliphatic heterocycles. The van der Waals surface area contributed by atoms with Gasteiger partial charge in [0.25, 0.3) is 0 Å². The van der Waals surface area contributed by atoms with Crippen molar-refractivity contribution >= 4 is 5.69 Å². The largest absolute Gasteiger partial charge is 0.490 e. The summed E-state index contributed by atoms with van der Waals surface area (Å²) in [5.41, 5.74) is 1.21. The van der Waals surface area contributed by atoms with Crippen LogP contribution in [0.2, 0.25) is 0 Å². The van der Waals surface area contributed by atoms with E-state index >= 15 is 0 Å². The van der Waals surface area contributed by atoms with Gasteiger partial charge in [-0.15, -0.1) is 0 Å². The van der Waals surface area contributed by atoms with Crippen LogP contribution in [0.1, 0.15) is 32.1 Å². The zero-order valence-electron chi connectivity index (χ0n) is 12.4. The Labute approximate surface area is 126 Å². The molecule has 21 heavy (non-hydrogen) atoms. The van der Waals surface area contributed by atoms with E-state index in [0.717, 1.165) is 44.6 Å². The van der Waals surface area contributed by atoms with Gasteiger partial charge in [-0.2, -0.15) is 5.26 Å². The van der Waals surface area contributed by atoms with E-state index in [1.165, 1.54) is 12.1 Å². The summed E-state index contributed by atoms with van der Waals surface area (Å²) < 4.78 is 6.04. The minimum absolute atomic E-state index is 0.343. The Kier molecular flexibility index (Phi) is 4.62. The van der Waals surface area contributed by atoms with Crippen LogP contribution < -0.4 is 15.0 Å². The molecule has 4 heteroatoms. The number of nitrogens with one attached hydrogen (secondary N) is 1. The fraction of sp³-hybridized carbons (Fsp3) is 0.588. The molecule has 0 aliphatic carbocycles. The number of piperidine rings is 1. The van der Waals surface area contributed by atoms with Crippen LogP contribution in [0.25, 0.3) is 0 Å². The number of nitriles is 1. The first-order valence-electron chi connectivity index (χ1n) is 7.98. The highest BCUT2D eigenvalue weighted by Crippen LogP contribution is 2.29. The maximum atomic E-state index is 8.92. The second-order valence-corrected chi connectivity index (χ2v) is 5.91. The van der Waals surface area contributed by atoms with E-state index in [9.17, 15) is 0 Å². The number of rotatable bonds is 4. The maximum absolute atomic E-state index is 8.92. The van der Waals surface area contributed by atoms with Crippen LogP contribution in [-0.4, -0.2) is 31.8 Å². The second kappa shape index (κ2) is 6.82. The van der Waals surface area contributed by atoms with Crippen LogP contribution in [0.15, 0.2) is 24.3 Å². The molecule has 3 rings (SSSR count). The maximum Gasteiger partial charge on any atom is 0.119 e. The number of nitrogens with zero attached hydrogens (tertiary/aromatic N) is 2. The average Bonchev–Trinajstić information content (AvgIpc) is 2.98. The minimum Gasteiger partial charge on any atom is -0.490 e. The average molecular weight is 285 g/mol. The Bertz CT molecular complexity index is 488. The molecule has 2 fully saturated rings. The van der Waals surface area contributed by atoms with Crippen molar-refractivity contribution in [2.75, 3.05) is 24.5 Å². The van der Waals surface area contributed by atoms with Gasteiger partial charge in [0.05, 0.1) is 12.5 Å². The molecule has 0 spiro atoms. The van der Waals surface area contributed by atoms with E-state index in [1.54, 1.807) is 0 Å². The van der Waals surface area contributed by atoms with Crippen molar-refractivity contribution in [3.63, 3.8) is 0 Å². The molecule has 2 saturated heterocycles. The number of anilines is 1. The van der Waals surface area contributed by atoms with Crippen molar-refractivity contribution in [1.29, 1.82) is 5.26 Å². The van der Waals surface area contributed by atoms with Crippen LogP contribution >= 0.6 is 0 Å². The lowest BCUT2D eigenvalue weighted by Gasteiger charge is -2.26. The Morgan fingerprint density at radius 3 is 2.67 bits per heavy atom. The van der Waals surface area contributed by atoms with E-state index < -0.39 is 0 Å². The van der Waals surface area contributed by atoms with Gasteiger partial charge in [0, 0.05) is 18.3 Å². The summed E-state index contributed by atoms with van der Waals surface area (Å²) in [5, 5.41) is 12.3. The molecule has 2 aliphatic rings. The van der Waals surface area contributed by atoms with Gasteiger partial charge in [0.1, 0.15) is 11.9 Å². The highest BCUT2D eigenvalue weighted by Gasteiger charge is 2.24. The van der Waals surface area contributed by atoms with E-state index in [0.29, 0.717) is 18.6 Å². The summed E-state index contributed by atoms with van der Waals surface area (Å²) in [6, 6.07) is 11.1. The lowest BCUT2D eigenvalue weighted by atomic mass is 10.1. The third-order valence-electron chi connectivity index (χ3n) is 4.46. The van der Waals surface area contributed by atoms with Gasteiger partial charge < -0.3 is 15.0 Å². The summed E-state index contributed by atoms with van der Waals surface area (Å²) >= 11 is 0. The van der Waals surface area contributed by atoms with E-state index in [1.807, 2.05) is 0 Å². The molecule has 0 unspecified atom stereocenters. The van der Waals surface area contributed by atoms with Crippen LogP contribution in [0.5, 0.6) is 5.75 Å². The minimum atomic E-state index is 0.343. The third kappa shape index (κ3) is 3.48. The number of hydrogen-bond acceptors (Lipinski definition) is 4. The van der Waals surface area contributed by atoms with Gasteiger partial charge in [0.2, 0.25) is 0 Å². The highest BCUT2D eigenvalue weighted by atomic mass is 16.5. The molecule has 0 radical (unpaired) electrons. The molecule has 1 aromatic rings. The number of hydrogen-bond donors (Lipinski definition) is 1. The highest BCUT2D eigenvalue weighted by molar-refractivity contribution is 5.51. The Balaban J connectivity index is 1.62. The fourth-order valence-electron chi connectivity index (χ4n) is 3.32. The quantitative estimate of drug-likeness (QED) is 0.924. The molecule has 1 aromatic carbocycles. The molecular formula is C17H23N3O. The Hall–Kier alpha value is -1.73. The molecular weight excluding hydrogens is 262 g/mol. The molecule has 0 bridgehead atoms. The molecule has 0 aromatic heterocycles. The topological polar surface area (TPSA) is 48.3 Å². The van der Waals surface area contributed by atoms with E-state index in [-0.39, 0.29) is 0 Å². The standard InChI is InChI=1S/C17H23N3O/c18-10-7-14-2-1-13-20(14)15-3-5-16(6-4-15)21-17-8-11-19-12-9-17/h3-6,14,17,19H,1-2,7-9,11-13H2/t14-/m0/s1. The smallest absolute Gasteiger partial charge is 0.119 e. The van der Waals surface area contributed by atoms with Gasteiger partial charge in [0.15, 0.2) is 0 Å². The van der Waals surface area contributed by atoms with Crippen LogP contribution in [0.4, 0.5) is 5.69 Å². The van der Waals surface area contributed by atoms with Gasteiger partial charge in [-0.3, -0.25) is 0 Å². The number of benzene rings is 1. The van der Waals surface area contributed by atoms with E-state index in [4.69, 9.17) is 10.00 Å². The number of ether oxygens (including phenoxy) is 1. The zero-order valence-corrected chi connectivity index (χ0v) is 12.4. The van der Waals surface area contributed by atoms with E-state index in [2.05, 4.69) is 40.6 Å². The van der Waals surface area contributed by atoms with Crippen LogP contribution in [0.3, 0.4) is 0 Å². The van der Waals surface area contributed by atoms with Crippen molar-refractivity contribution in [2.24, 2.45) is 0 Å². The molecule has 1 N–H and O–H groups in total. The molecule has 2 heterocycles. The molecule has 0 amide bonds. The summed E-state index contributed by atoms with van der Waals surface area (Å²) in [4.78, 5) is 2.36. The summed E-state index contributed by atoms with van der Waals surface area (Å²) in [6.07, 6.45) is 5.43. The normalized spacial score (nSPS) is 23.0. The van der Waals surface area contributed by atoms with Crippen LogP contribution in [-0.2, 0) is 0 Å². The summed E-state index contributed by atoms with van der Waals surface area (Å²) in [6.45, 7) is 3.15. The predicted molar refractivity (Wildman–Crippen MR) is 83.6 cm³/mol. The molecule has 4 nitrogen and oxygen atoms in total. The molecule has 112 valence electrons. The molecule has 0 saturated carbocycles. The Morgan fingerprint density at radius 1 is 1.19 bits per heavy atom. The third-order valence-corrected chi connectivity index (χ3v) is 4.46. The Morgan fingerprint density at radius 2 is 1.95 bits per heavy atom. The summed E-state index contributed by atoms with van der Waals surface area (Å²) in [7, 11) is 0. The second-order valence-electron chi connectivity index (χ2n) is 5.91. The van der Waals surface area contributed by atoms with Gasteiger partial charge in [-0.25, -0.2) is 0 Å². The lowest BCUT2D eigenvalue weighted by molar-refractivity contribution is 0.162. The van der Waals surface area contributed by atoms with Gasteiger partial charge >= 0.3 is 0 Å². The monoisotopic (exact) mass is 285 g/mol. The predicted octanol–water partition coefficient (Wildman–Crippen LogP) is 2.70. The van der Waals surface area contributed by atoms with Crippen molar-refractivity contribution in [1.82, 2.24) is 5.32 Å². The first kappa shape index (κ1) is 14.2. The fourth-order valence-corrected chi connectivity index (χ4v) is 3.32. The van der Waals surface area contributed by atoms with Crippen molar-refractivity contribution in [2.45, 2.75) is 44.2 Å². The first-order valence-corrected chi connectivity index (χ1v) is 7.98.